The number of rotatable bonds is 4. The monoisotopic (exact) mass is 656 g/mol. The molecule has 248 valence electrons. The molecule has 0 aromatic heterocycles. The van der Waals surface area contributed by atoms with E-state index in [0.717, 1.165) is 0 Å². The van der Waals surface area contributed by atoms with Crippen LogP contribution < -0.4 is 24.7 Å². The van der Waals surface area contributed by atoms with Gasteiger partial charge < -0.3 is 44.9 Å². The molecule has 0 saturated heterocycles. The molecule has 13 heteroatoms. The number of ketones is 3. The van der Waals surface area contributed by atoms with Gasteiger partial charge in [0, 0.05) is 17.5 Å². The summed E-state index contributed by atoms with van der Waals surface area (Å²) in [5.74, 6) is -7.73. The zero-order chi connectivity index (χ0) is 33.8. The van der Waals surface area contributed by atoms with E-state index >= 15 is 0 Å². The van der Waals surface area contributed by atoms with Crippen molar-refractivity contribution < 1.29 is 53.4 Å². The summed E-state index contributed by atoms with van der Waals surface area (Å²) in [4.78, 5) is 56.6. The van der Waals surface area contributed by atoms with Gasteiger partial charge in [0.2, 0.25) is 19.5 Å². The minimum Gasteiger partial charge on any atom is -0.507 e. The van der Waals surface area contributed by atoms with Gasteiger partial charge in [0.15, 0.2) is 45.9 Å². The number of aliphatic hydroxyl groups is 2. The summed E-state index contributed by atoms with van der Waals surface area (Å²) in [7, 11) is 3.21. The van der Waals surface area contributed by atoms with Crippen LogP contribution in [0.2, 0.25) is 0 Å². The second-order valence-corrected chi connectivity index (χ2v) is 13.3. The number of phenolic OH excluding ortho intramolecular Hbond substituents is 1. The van der Waals surface area contributed by atoms with E-state index in [1.54, 1.807) is 55.4 Å². The number of aliphatic hydroxyl groups excluding tert-OH is 1. The molecule has 5 N–H and O–H groups in total. The summed E-state index contributed by atoms with van der Waals surface area (Å²) >= 11 is 0. The van der Waals surface area contributed by atoms with Crippen LogP contribution in [-0.4, -0.2) is 88.9 Å². The van der Waals surface area contributed by atoms with Crippen LogP contribution in [-0.2, 0) is 20.8 Å². The van der Waals surface area contributed by atoms with E-state index in [9.17, 15) is 34.5 Å². The zero-order valence-corrected chi connectivity index (χ0v) is 26.0. The highest BCUT2D eigenvalue weighted by Gasteiger charge is 2.69. The maximum absolute atomic E-state index is 14.6. The molecule has 3 aliphatic carbocycles. The average Bonchev–Trinajstić information content (AvgIpc) is 3.71. The first-order chi connectivity index (χ1) is 22.9. The number of amides is 1. The molecule has 1 amide bonds. The van der Waals surface area contributed by atoms with Crippen molar-refractivity contribution in [1.82, 2.24) is 4.90 Å². The molecule has 0 bridgehead atoms. The third-order valence-corrected chi connectivity index (χ3v) is 10.7. The van der Waals surface area contributed by atoms with Gasteiger partial charge >= 0.3 is 0 Å². The fourth-order valence-electron chi connectivity index (χ4n) is 8.49. The number of Topliss-reactive ketones (excluding diaryl/α,β-unsaturated/α-hetero) is 3. The third kappa shape index (κ3) is 4.07. The number of nitrogens with two attached hydrogens (primary N) is 1. The molecule has 8 rings (SSSR count). The Morgan fingerprint density at radius 1 is 0.875 bits per heavy atom. The van der Waals surface area contributed by atoms with Gasteiger partial charge in [-0.05, 0) is 85.4 Å². The Kier molecular flexibility index (Phi) is 6.65. The van der Waals surface area contributed by atoms with E-state index in [-0.39, 0.29) is 43.3 Å². The summed E-state index contributed by atoms with van der Waals surface area (Å²) < 4.78 is 22.1. The smallest absolute Gasteiger partial charge is 0.231 e. The fraction of sp³-hybridized carbons (Fsp3) is 0.371. The summed E-state index contributed by atoms with van der Waals surface area (Å²) in [6.07, 6.45) is -1.45. The van der Waals surface area contributed by atoms with Gasteiger partial charge in [-0.25, -0.2) is 0 Å². The molecule has 3 unspecified atom stereocenters. The SMILES string of the molecule is CN(C)[C@H]1C(O)C(C(N)=O)C(=O)[C@]2(O)C(=O)C3C(=O)c4c(O)c(-c5ccc6c(c5)OCO6)cc(-c5ccc6c(c5)OCO6)c4C[C@@H]3C[C@H]12. The van der Waals surface area contributed by atoms with E-state index in [1.807, 2.05) is 6.07 Å². The summed E-state index contributed by atoms with van der Waals surface area (Å²) in [5, 5.41) is 35.0. The number of hydrogen-bond donors (Lipinski definition) is 4. The largest absolute Gasteiger partial charge is 0.507 e. The second kappa shape index (κ2) is 10.5. The highest BCUT2D eigenvalue weighted by molar-refractivity contribution is 6.26. The summed E-state index contributed by atoms with van der Waals surface area (Å²) in [5.41, 5.74) is 5.19. The highest BCUT2D eigenvalue weighted by atomic mass is 16.7. The lowest BCUT2D eigenvalue weighted by Gasteiger charge is -2.55. The lowest BCUT2D eigenvalue weighted by Crippen LogP contribution is -2.75. The number of aromatic hydroxyl groups is 1. The molecule has 0 radical (unpaired) electrons. The number of hydrogen-bond acceptors (Lipinski definition) is 12. The van der Waals surface area contributed by atoms with Crippen molar-refractivity contribution in [3.05, 3.63) is 53.6 Å². The Hall–Kier alpha value is -4.98. The number of primary amides is 1. The molecule has 48 heavy (non-hydrogen) atoms. The highest BCUT2D eigenvalue weighted by Crippen LogP contribution is 2.54. The minimum atomic E-state index is -2.76. The Morgan fingerprint density at radius 3 is 2.04 bits per heavy atom. The lowest BCUT2D eigenvalue weighted by molar-refractivity contribution is -0.190. The van der Waals surface area contributed by atoms with Gasteiger partial charge in [-0.1, -0.05) is 12.1 Å². The first-order valence-corrected chi connectivity index (χ1v) is 15.6. The van der Waals surface area contributed by atoms with Crippen LogP contribution in [0.15, 0.2) is 42.5 Å². The number of nitrogens with zero attached hydrogens (tertiary/aromatic N) is 1. The summed E-state index contributed by atoms with van der Waals surface area (Å²) in [6, 6.07) is 11.2. The topological polar surface area (TPSA) is 195 Å². The van der Waals surface area contributed by atoms with Crippen LogP contribution in [0.4, 0.5) is 0 Å². The first kappa shape index (κ1) is 30.4. The second-order valence-electron chi connectivity index (χ2n) is 13.3. The van der Waals surface area contributed by atoms with E-state index in [4.69, 9.17) is 24.7 Å². The number of phenols is 1. The Balaban J connectivity index is 1.31. The number of carbonyl (C=O) groups is 4. The molecular formula is C35H32N2O11. The number of likely N-dealkylation sites (N-methyl/N-ethyl adjacent to an activating group) is 1. The lowest BCUT2D eigenvalue weighted by atomic mass is 9.52. The number of fused-ring (bicyclic) bond motifs is 5. The predicted molar refractivity (Wildman–Crippen MR) is 165 cm³/mol. The van der Waals surface area contributed by atoms with Crippen molar-refractivity contribution >= 4 is 23.3 Å². The van der Waals surface area contributed by atoms with Crippen LogP contribution >= 0.6 is 0 Å². The van der Waals surface area contributed by atoms with Crippen molar-refractivity contribution in [2.75, 3.05) is 27.7 Å². The molecule has 3 aromatic rings. The van der Waals surface area contributed by atoms with Crippen molar-refractivity contribution in [3.8, 4) is 51.0 Å². The fourth-order valence-corrected chi connectivity index (χ4v) is 8.49. The standard InChI is InChI=1S/C35H32N2O11/c1-37(2)28-20-8-16-7-19-17(14-3-5-21-23(9-14)47-12-45-21)11-18(15-4-6-22-24(10-15)48-13-46-22)29(38)26(19)30(39)25(16)32(41)35(20,44)33(42)27(31(28)40)34(36)43/h3-6,9-11,16,20,25,27-28,31,38,40,44H,7-8,12-13H2,1-2H3,(H2,36,43)/t16-,20-,25?,27?,28-,31?,35-/m1/s1. The third-order valence-electron chi connectivity index (χ3n) is 10.7. The Morgan fingerprint density at radius 2 is 1.46 bits per heavy atom. The molecule has 2 saturated carbocycles. The molecular weight excluding hydrogens is 624 g/mol. The van der Waals surface area contributed by atoms with Gasteiger partial charge in [-0.2, -0.15) is 0 Å². The van der Waals surface area contributed by atoms with Crippen molar-refractivity contribution in [2.45, 2.75) is 30.6 Å². The minimum absolute atomic E-state index is 0.000465. The molecule has 2 fully saturated rings. The van der Waals surface area contributed by atoms with Crippen molar-refractivity contribution in [3.63, 3.8) is 0 Å². The van der Waals surface area contributed by atoms with E-state index in [2.05, 4.69) is 0 Å². The van der Waals surface area contributed by atoms with Crippen LogP contribution in [0.5, 0.6) is 28.7 Å². The molecule has 2 heterocycles. The normalized spacial score (nSPS) is 29.8. The molecule has 3 aromatic carbocycles. The van der Waals surface area contributed by atoms with Gasteiger partial charge in [-0.15, -0.1) is 0 Å². The Labute approximate surface area is 273 Å². The van der Waals surface area contributed by atoms with Gasteiger partial charge in [0.05, 0.1) is 17.6 Å². The zero-order valence-electron chi connectivity index (χ0n) is 26.0. The Bertz CT molecular complexity index is 1960. The number of benzene rings is 3. The van der Waals surface area contributed by atoms with Gasteiger partial charge in [0.1, 0.15) is 11.7 Å². The van der Waals surface area contributed by atoms with Crippen LogP contribution in [0.1, 0.15) is 22.3 Å². The van der Waals surface area contributed by atoms with Crippen molar-refractivity contribution in [1.29, 1.82) is 0 Å². The van der Waals surface area contributed by atoms with Gasteiger partial charge in [0.25, 0.3) is 0 Å². The quantitative estimate of drug-likeness (QED) is 0.296. The van der Waals surface area contributed by atoms with E-state index in [1.165, 1.54) is 0 Å². The summed E-state index contributed by atoms with van der Waals surface area (Å²) in [6.45, 7) is 0.0871. The van der Waals surface area contributed by atoms with Gasteiger partial charge in [-0.3, -0.25) is 19.2 Å². The molecule has 7 atom stereocenters. The van der Waals surface area contributed by atoms with Crippen LogP contribution in [0.3, 0.4) is 0 Å². The maximum atomic E-state index is 14.6. The molecule has 0 spiro atoms. The average molecular weight is 657 g/mol. The molecule has 13 nitrogen and oxygen atoms in total. The molecule has 5 aliphatic rings. The number of carbonyl (C=O) groups excluding carboxylic acids is 4. The van der Waals surface area contributed by atoms with E-state index in [0.29, 0.717) is 45.3 Å². The predicted octanol–water partition coefficient (Wildman–Crippen LogP) is 1.45. The maximum Gasteiger partial charge on any atom is 0.231 e. The molecule has 2 aliphatic heterocycles. The van der Waals surface area contributed by atoms with Crippen LogP contribution in [0.25, 0.3) is 22.3 Å². The first-order valence-electron chi connectivity index (χ1n) is 15.6. The number of ether oxygens (including phenoxy) is 4. The van der Waals surface area contributed by atoms with Crippen LogP contribution in [0, 0.1) is 23.7 Å². The van der Waals surface area contributed by atoms with E-state index < -0.39 is 64.7 Å². The van der Waals surface area contributed by atoms with Crippen molar-refractivity contribution in [2.24, 2.45) is 29.4 Å².